The Labute approximate surface area is 98.6 Å². The molecule has 6 heteroatoms. The first kappa shape index (κ1) is 11.3. The van der Waals surface area contributed by atoms with Crippen LogP contribution in [0.1, 0.15) is 10.4 Å². The summed E-state index contributed by atoms with van der Waals surface area (Å²) < 4.78 is 0. The van der Waals surface area contributed by atoms with E-state index in [-0.39, 0.29) is 12.5 Å². The summed E-state index contributed by atoms with van der Waals surface area (Å²) in [5, 5.41) is 8.84. The molecule has 1 aromatic rings. The van der Waals surface area contributed by atoms with E-state index in [0.29, 0.717) is 5.56 Å². The van der Waals surface area contributed by atoms with E-state index >= 15 is 0 Å². The van der Waals surface area contributed by atoms with Gasteiger partial charge in [0, 0.05) is 18.7 Å². The van der Waals surface area contributed by atoms with Crippen molar-refractivity contribution in [2.45, 2.75) is 0 Å². The molecule has 1 aliphatic heterocycles. The number of anilines is 2. The van der Waals surface area contributed by atoms with Crippen LogP contribution in [0.2, 0.25) is 0 Å². The summed E-state index contributed by atoms with van der Waals surface area (Å²) in [6, 6.07) is 5.29. The highest BCUT2D eigenvalue weighted by atomic mass is 16.2. The van der Waals surface area contributed by atoms with Gasteiger partial charge in [0.15, 0.2) is 0 Å². The minimum absolute atomic E-state index is 0.151. The maximum atomic E-state index is 11.7. The van der Waals surface area contributed by atoms with Crippen LogP contribution in [0.15, 0.2) is 18.2 Å². The Morgan fingerprint density at radius 1 is 1.24 bits per heavy atom. The summed E-state index contributed by atoms with van der Waals surface area (Å²) in [5.74, 6) is -0.866. The van der Waals surface area contributed by atoms with Crippen LogP contribution in [0.25, 0.3) is 0 Å². The average Bonchev–Trinajstić information content (AvgIpc) is 2.35. The molecule has 2 amide bonds. The fourth-order valence-electron chi connectivity index (χ4n) is 1.65. The van der Waals surface area contributed by atoms with Crippen LogP contribution in [-0.2, 0) is 4.79 Å². The highest BCUT2D eigenvalue weighted by molar-refractivity contribution is 5.98. The van der Waals surface area contributed by atoms with E-state index in [4.69, 9.17) is 5.73 Å². The number of hydrogen-bond donors (Lipinski definition) is 4. The lowest BCUT2D eigenvalue weighted by atomic mass is 10.1. The van der Waals surface area contributed by atoms with Gasteiger partial charge in [-0.15, -0.1) is 0 Å². The second-order valence-corrected chi connectivity index (χ2v) is 3.76. The van der Waals surface area contributed by atoms with Gasteiger partial charge in [0.05, 0.1) is 17.9 Å². The van der Waals surface area contributed by atoms with Crippen molar-refractivity contribution in [3.63, 3.8) is 0 Å². The predicted octanol–water partition coefficient (Wildman–Crippen LogP) is -0.261. The minimum atomic E-state index is -0.559. The van der Waals surface area contributed by atoms with Gasteiger partial charge in [-0.2, -0.15) is 0 Å². The maximum absolute atomic E-state index is 11.7. The second kappa shape index (κ2) is 4.73. The van der Waals surface area contributed by atoms with Crippen molar-refractivity contribution >= 4 is 23.2 Å². The molecule has 1 heterocycles. The Bertz CT molecular complexity index is 459. The zero-order chi connectivity index (χ0) is 12.3. The minimum Gasteiger partial charge on any atom is -0.382 e. The van der Waals surface area contributed by atoms with E-state index in [1.54, 1.807) is 12.1 Å². The van der Waals surface area contributed by atoms with E-state index in [1.165, 1.54) is 0 Å². The molecule has 1 aromatic carbocycles. The fraction of sp³-hybridized carbons (Fsp3) is 0.273. The number of rotatable bonds is 3. The monoisotopic (exact) mass is 234 g/mol. The number of fused-ring (bicyclic) bond motifs is 1. The van der Waals surface area contributed by atoms with Crippen LogP contribution in [0.4, 0.5) is 11.4 Å². The number of carbonyl (C=O) groups excluding carboxylic acids is 2. The van der Waals surface area contributed by atoms with Crippen LogP contribution in [0.5, 0.6) is 0 Å². The van der Waals surface area contributed by atoms with Gasteiger partial charge in [-0.3, -0.25) is 9.59 Å². The van der Waals surface area contributed by atoms with Gasteiger partial charge < -0.3 is 21.7 Å². The fourth-order valence-corrected chi connectivity index (χ4v) is 1.65. The highest BCUT2D eigenvalue weighted by Gasteiger charge is 2.12. The number of primary amides is 1. The summed E-state index contributed by atoms with van der Waals surface area (Å²) in [4.78, 5) is 22.2. The standard InChI is InChI=1S/C11H14N4O2/c12-10(16)6-15-11(17)7-1-2-8-9(5-7)14-4-3-13-8/h1-2,5,13-14H,3-4,6H2,(H2,12,16)(H,15,17). The molecule has 2 rings (SSSR count). The van der Waals surface area contributed by atoms with Gasteiger partial charge in [-0.05, 0) is 18.2 Å². The molecule has 0 atom stereocenters. The van der Waals surface area contributed by atoms with Gasteiger partial charge in [0.25, 0.3) is 5.91 Å². The Morgan fingerprint density at radius 2 is 1.94 bits per heavy atom. The van der Waals surface area contributed by atoms with E-state index < -0.39 is 5.91 Å². The quantitative estimate of drug-likeness (QED) is 0.579. The first-order valence-electron chi connectivity index (χ1n) is 5.35. The molecule has 5 N–H and O–H groups in total. The first-order valence-corrected chi connectivity index (χ1v) is 5.35. The Hall–Kier alpha value is -2.24. The third-order valence-electron chi connectivity index (χ3n) is 2.46. The Morgan fingerprint density at radius 3 is 2.65 bits per heavy atom. The molecular formula is C11H14N4O2. The highest BCUT2D eigenvalue weighted by Crippen LogP contribution is 2.25. The zero-order valence-electron chi connectivity index (χ0n) is 9.25. The van der Waals surface area contributed by atoms with Crippen molar-refractivity contribution in [3.05, 3.63) is 23.8 Å². The van der Waals surface area contributed by atoms with Crippen LogP contribution in [-0.4, -0.2) is 31.4 Å². The summed E-state index contributed by atoms with van der Waals surface area (Å²) in [5.41, 5.74) is 7.32. The van der Waals surface area contributed by atoms with Crippen LogP contribution < -0.4 is 21.7 Å². The number of nitrogens with one attached hydrogen (secondary N) is 3. The molecule has 0 fully saturated rings. The van der Waals surface area contributed by atoms with E-state index in [9.17, 15) is 9.59 Å². The Kier molecular flexibility index (Phi) is 3.13. The lowest BCUT2D eigenvalue weighted by Gasteiger charge is -2.20. The SMILES string of the molecule is NC(=O)CNC(=O)c1ccc2c(c1)NCCN2. The van der Waals surface area contributed by atoms with E-state index in [0.717, 1.165) is 24.5 Å². The zero-order valence-corrected chi connectivity index (χ0v) is 9.25. The summed E-state index contributed by atoms with van der Waals surface area (Å²) >= 11 is 0. The lowest BCUT2D eigenvalue weighted by Crippen LogP contribution is -2.33. The average molecular weight is 234 g/mol. The summed E-state index contributed by atoms with van der Waals surface area (Å²) in [6.07, 6.45) is 0. The largest absolute Gasteiger partial charge is 0.382 e. The molecule has 0 radical (unpaired) electrons. The lowest BCUT2D eigenvalue weighted by molar-refractivity contribution is -0.117. The smallest absolute Gasteiger partial charge is 0.251 e. The van der Waals surface area contributed by atoms with Gasteiger partial charge in [-0.1, -0.05) is 0 Å². The molecule has 0 aliphatic carbocycles. The van der Waals surface area contributed by atoms with Gasteiger partial charge in [0.2, 0.25) is 5.91 Å². The molecule has 90 valence electrons. The number of hydrogen-bond acceptors (Lipinski definition) is 4. The maximum Gasteiger partial charge on any atom is 0.251 e. The van der Waals surface area contributed by atoms with Gasteiger partial charge in [0.1, 0.15) is 0 Å². The molecule has 0 spiro atoms. The van der Waals surface area contributed by atoms with Crippen LogP contribution in [0, 0.1) is 0 Å². The molecule has 6 nitrogen and oxygen atoms in total. The second-order valence-electron chi connectivity index (χ2n) is 3.76. The summed E-state index contributed by atoms with van der Waals surface area (Å²) in [7, 11) is 0. The summed E-state index contributed by atoms with van der Waals surface area (Å²) in [6.45, 7) is 1.53. The van der Waals surface area contributed by atoms with E-state index in [2.05, 4.69) is 16.0 Å². The Balaban J connectivity index is 2.11. The van der Waals surface area contributed by atoms with E-state index in [1.807, 2.05) is 6.07 Å². The van der Waals surface area contributed by atoms with Crippen LogP contribution >= 0.6 is 0 Å². The number of benzene rings is 1. The third kappa shape index (κ3) is 2.66. The molecule has 17 heavy (non-hydrogen) atoms. The van der Waals surface area contributed by atoms with Crippen molar-refractivity contribution in [3.8, 4) is 0 Å². The molecule has 0 aromatic heterocycles. The number of nitrogens with two attached hydrogens (primary N) is 1. The molecule has 0 unspecified atom stereocenters. The number of carbonyl (C=O) groups is 2. The molecule has 0 saturated carbocycles. The number of amides is 2. The molecule has 0 bridgehead atoms. The molecule has 0 saturated heterocycles. The van der Waals surface area contributed by atoms with Crippen molar-refractivity contribution < 1.29 is 9.59 Å². The van der Waals surface area contributed by atoms with Gasteiger partial charge >= 0.3 is 0 Å². The predicted molar refractivity (Wildman–Crippen MR) is 64.9 cm³/mol. The third-order valence-corrected chi connectivity index (χ3v) is 2.46. The normalized spacial score (nSPS) is 12.9. The van der Waals surface area contributed by atoms with Crippen molar-refractivity contribution in [2.75, 3.05) is 30.3 Å². The van der Waals surface area contributed by atoms with Crippen molar-refractivity contribution in [2.24, 2.45) is 5.73 Å². The molecule has 1 aliphatic rings. The van der Waals surface area contributed by atoms with Gasteiger partial charge in [-0.25, -0.2) is 0 Å². The van der Waals surface area contributed by atoms with Crippen LogP contribution in [0.3, 0.4) is 0 Å². The topological polar surface area (TPSA) is 96.2 Å². The molecular weight excluding hydrogens is 220 g/mol. The van der Waals surface area contributed by atoms with Crippen molar-refractivity contribution in [1.29, 1.82) is 0 Å². The van der Waals surface area contributed by atoms with Crippen molar-refractivity contribution in [1.82, 2.24) is 5.32 Å². The first-order chi connectivity index (χ1) is 8.16.